The highest BCUT2D eigenvalue weighted by atomic mass is 16.5. The summed E-state index contributed by atoms with van der Waals surface area (Å²) in [5.74, 6) is -0.385. The molecule has 0 radical (unpaired) electrons. The van der Waals surface area contributed by atoms with E-state index in [0.29, 0.717) is 22.6 Å². The molecule has 5 aromatic rings. The number of esters is 1. The summed E-state index contributed by atoms with van der Waals surface area (Å²) in [4.78, 5) is 38.3. The van der Waals surface area contributed by atoms with E-state index < -0.39 is 11.9 Å². The molecule has 5 aromatic carbocycles. The molecule has 42 heavy (non-hydrogen) atoms. The van der Waals surface area contributed by atoms with Crippen LogP contribution in [0, 0.1) is 0 Å². The Morgan fingerprint density at radius 3 is 2.17 bits per heavy atom. The van der Waals surface area contributed by atoms with Crippen molar-refractivity contribution >= 4 is 45.5 Å². The van der Waals surface area contributed by atoms with E-state index >= 15 is 0 Å². The number of methoxy groups -OCH3 is 2. The van der Waals surface area contributed by atoms with Gasteiger partial charge in [0.25, 0.3) is 11.8 Å². The van der Waals surface area contributed by atoms with E-state index in [2.05, 4.69) is 15.8 Å². The van der Waals surface area contributed by atoms with Gasteiger partial charge in [0.15, 0.2) is 11.5 Å². The third-order valence-corrected chi connectivity index (χ3v) is 6.58. The fourth-order valence-electron chi connectivity index (χ4n) is 4.51. The molecule has 0 atom stereocenters. The average molecular weight is 562 g/mol. The first-order valence-electron chi connectivity index (χ1n) is 13.0. The number of nitrogens with zero attached hydrogens (tertiary/aromatic N) is 1. The van der Waals surface area contributed by atoms with Crippen LogP contribution in [0.25, 0.3) is 21.5 Å². The van der Waals surface area contributed by atoms with Gasteiger partial charge >= 0.3 is 5.97 Å². The van der Waals surface area contributed by atoms with Crippen LogP contribution in [0.2, 0.25) is 0 Å². The number of hydrogen-bond donors (Lipinski definition) is 2. The van der Waals surface area contributed by atoms with Crippen LogP contribution < -0.4 is 25.0 Å². The minimum absolute atomic E-state index is 0.246. The van der Waals surface area contributed by atoms with E-state index in [-0.39, 0.29) is 23.8 Å². The Morgan fingerprint density at radius 1 is 0.738 bits per heavy atom. The van der Waals surface area contributed by atoms with Crippen LogP contribution in [-0.4, -0.2) is 44.8 Å². The fraction of sp³-hybridized carbons (Fsp3) is 0.0909. The molecule has 0 saturated heterocycles. The Morgan fingerprint density at radius 2 is 1.40 bits per heavy atom. The van der Waals surface area contributed by atoms with Crippen molar-refractivity contribution in [2.45, 2.75) is 0 Å². The van der Waals surface area contributed by atoms with E-state index in [9.17, 15) is 14.4 Å². The van der Waals surface area contributed by atoms with E-state index in [1.54, 1.807) is 30.3 Å². The minimum atomic E-state index is -0.610. The molecule has 0 aliphatic carbocycles. The molecule has 2 N–H and O–H groups in total. The summed E-state index contributed by atoms with van der Waals surface area (Å²) in [5, 5.41) is 10.1. The van der Waals surface area contributed by atoms with Gasteiger partial charge in [-0.2, -0.15) is 5.10 Å². The molecular weight excluding hydrogens is 534 g/mol. The molecule has 0 spiro atoms. The monoisotopic (exact) mass is 561 g/mol. The highest BCUT2D eigenvalue weighted by Gasteiger charge is 2.16. The smallest absolute Gasteiger partial charge is 0.343 e. The molecule has 0 heterocycles. The Balaban J connectivity index is 1.30. The number of carbonyl (C=O) groups is 3. The van der Waals surface area contributed by atoms with Crippen molar-refractivity contribution in [3.63, 3.8) is 0 Å². The number of ether oxygens (including phenoxy) is 3. The number of rotatable bonds is 9. The quantitative estimate of drug-likeness (QED) is 0.112. The first-order chi connectivity index (χ1) is 20.5. The lowest BCUT2D eigenvalue weighted by Crippen LogP contribution is -2.35. The number of benzene rings is 5. The fourth-order valence-corrected chi connectivity index (χ4v) is 4.51. The molecule has 5 rings (SSSR count). The Kier molecular flexibility index (Phi) is 8.39. The first kappa shape index (κ1) is 27.9. The number of hydrogen-bond acceptors (Lipinski definition) is 7. The van der Waals surface area contributed by atoms with E-state index in [4.69, 9.17) is 14.2 Å². The predicted molar refractivity (Wildman–Crippen MR) is 160 cm³/mol. The molecule has 0 bridgehead atoms. The highest BCUT2D eigenvalue weighted by molar-refractivity contribution is 6.08. The summed E-state index contributed by atoms with van der Waals surface area (Å²) in [6.45, 7) is -0.282. The van der Waals surface area contributed by atoms with Crippen LogP contribution in [0.3, 0.4) is 0 Å². The van der Waals surface area contributed by atoms with Gasteiger partial charge in [-0.25, -0.2) is 10.2 Å². The number of carbonyl (C=O) groups excluding carboxylic acids is 3. The minimum Gasteiger partial charge on any atom is -0.493 e. The third-order valence-electron chi connectivity index (χ3n) is 6.58. The van der Waals surface area contributed by atoms with Gasteiger partial charge < -0.3 is 19.5 Å². The molecule has 0 fully saturated rings. The van der Waals surface area contributed by atoms with Crippen molar-refractivity contribution < 1.29 is 28.6 Å². The lowest BCUT2D eigenvalue weighted by molar-refractivity contribution is -0.120. The van der Waals surface area contributed by atoms with Gasteiger partial charge in [0.1, 0.15) is 5.75 Å². The second-order valence-electron chi connectivity index (χ2n) is 9.16. The summed E-state index contributed by atoms with van der Waals surface area (Å²) in [5.41, 5.74) is 3.65. The maximum Gasteiger partial charge on any atom is 0.343 e. The maximum atomic E-state index is 13.0. The second-order valence-corrected chi connectivity index (χ2v) is 9.16. The predicted octanol–water partition coefficient (Wildman–Crippen LogP) is 5.11. The van der Waals surface area contributed by atoms with E-state index in [1.165, 1.54) is 26.5 Å². The Labute approximate surface area is 241 Å². The number of hydrazone groups is 1. The van der Waals surface area contributed by atoms with Crippen molar-refractivity contribution in [1.29, 1.82) is 0 Å². The van der Waals surface area contributed by atoms with Crippen molar-refractivity contribution in [2.24, 2.45) is 5.10 Å². The molecule has 210 valence electrons. The zero-order chi connectivity index (χ0) is 29.5. The van der Waals surface area contributed by atoms with Gasteiger partial charge in [-0.05, 0) is 51.9 Å². The van der Waals surface area contributed by atoms with Crippen LogP contribution in [0.5, 0.6) is 17.2 Å². The molecule has 9 heteroatoms. The molecular formula is C33H27N3O6. The molecule has 0 aliphatic heterocycles. The molecule has 0 aliphatic rings. The zero-order valence-electron chi connectivity index (χ0n) is 22.9. The van der Waals surface area contributed by atoms with Crippen molar-refractivity contribution in [1.82, 2.24) is 10.7 Å². The van der Waals surface area contributed by atoms with E-state index in [1.807, 2.05) is 60.7 Å². The van der Waals surface area contributed by atoms with Gasteiger partial charge in [-0.1, -0.05) is 66.7 Å². The van der Waals surface area contributed by atoms with Gasteiger partial charge in [0, 0.05) is 11.1 Å². The second kappa shape index (κ2) is 12.6. The van der Waals surface area contributed by atoms with Crippen molar-refractivity contribution in [3.8, 4) is 17.2 Å². The normalized spacial score (nSPS) is 10.9. The highest BCUT2D eigenvalue weighted by Crippen LogP contribution is 2.30. The molecule has 0 aromatic heterocycles. The number of fused-ring (bicyclic) bond motifs is 2. The summed E-state index contributed by atoms with van der Waals surface area (Å²) >= 11 is 0. The first-order valence-corrected chi connectivity index (χ1v) is 13.0. The standard InChI is InChI=1S/C33H27N3O6/c1-40-29-17-15-23(18-30(29)41-2)33(39)42-28-16-14-22-9-4-6-12-25(22)27(28)19-35-36-31(37)20-34-32(38)26-13-7-10-21-8-3-5-11-24(21)26/h3-19H,20H2,1-2H3,(H,34,38)(H,36,37)/b35-19-. The summed E-state index contributed by atoms with van der Waals surface area (Å²) in [7, 11) is 2.99. The van der Waals surface area contributed by atoms with E-state index in [0.717, 1.165) is 21.5 Å². The van der Waals surface area contributed by atoms with Crippen LogP contribution >= 0.6 is 0 Å². The number of nitrogens with one attached hydrogen (secondary N) is 2. The molecule has 0 unspecified atom stereocenters. The summed E-state index contributed by atoms with van der Waals surface area (Å²) in [6.07, 6.45) is 1.41. The van der Waals surface area contributed by atoms with Crippen LogP contribution in [-0.2, 0) is 4.79 Å². The molecule has 9 nitrogen and oxygen atoms in total. The largest absolute Gasteiger partial charge is 0.493 e. The maximum absolute atomic E-state index is 13.0. The van der Waals surface area contributed by atoms with Crippen molar-refractivity contribution in [3.05, 3.63) is 114 Å². The lowest BCUT2D eigenvalue weighted by Gasteiger charge is -2.12. The van der Waals surface area contributed by atoms with Gasteiger partial charge in [-0.15, -0.1) is 0 Å². The lowest BCUT2D eigenvalue weighted by atomic mass is 10.0. The SMILES string of the molecule is COc1ccc(C(=O)Oc2ccc3ccccc3c2/C=N\NC(=O)CNC(=O)c2cccc3ccccc23)cc1OC. The third kappa shape index (κ3) is 6.05. The zero-order valence-corrected chi connectivity index (χ0v) is 22.9. The Bertz CT molecular complexity index is 1830. The molecule has 2 amide bonds. The van der Waals surface area contributed by atoms with Crippen LogP contribution in [0.1, 0.15) is 26.3 Å². The van der Waals surface area contributed by atoms with Crippen LogP contribution in [0.4, 0.5) is 0 Å². The number of amides is 2. The average Bonchev–Trinajstić information content (AvgIpc) is 3.03. The topological polar surface area (TPSA) is 115 Å². The Hall–Kier alpha value is -5.70. The molecule has 0 saturated carbocycles. The summed E-state index contributed by atoms with van der Waals surface area (Å²) < 4.78 is 16.3. The van der Waals surface area contributed by atoms with Gasteiger partial charge in [-0.3, -0.25) is 9.59 Å². The summed E-state index contributed by atoms with van der Waals surface area (Å²) in [6, 6.07) is 28.7. The van der Waals surface area contributed by atoms with Gasteiger partial charge in [0.05, 0.1) is 32.5 Å². The van der Waals surface area contributed by atoms with Crippen LogP contribution in [0.15, 0.2) is 102 Å². The van der Waals surface area contributed by atoms with Gasteiger partial charge in [0.2, 0.25) is 0 Å². The van der Waals surface area contributed by atoms with Crippen molar-refractivity contribution in [2.75, 3.05) is 20.8 Å².